The van der Waals surface area contributed by atoms with E-state index in [1.807, 2.05) is 6.92 Å². The van der Waals surface area contributed by atoms with Crippen LogP contribution < -0.4 is 0 Å². The van der Waals surface area contributed by atoms with Crippen LogP contribution in [0.4, 0.5) is 0 Å². The Kier molecular flexibility index (Phi) is 10.3. The van der Waals surface area contributed by atoms with E-state index < -0.39 is 12.2 Å². The minimum atomic E-state index is -0.885. The van der Waals surface area contributed by atoms with Crippen LogP contribution in [0.25, 0.3) is 0 Å². The molecule has 0 radical (unpaired) electrons. The molecule has 158 valence electrons. The van der Waals surface area contributed by atoms with Crippen molar-refractivity contribution in [2.75, 3.05) is 14.2 Å². The Hall–Kier alpha value is -1.78. The average Bonchev–Trinajstić information content (AvgIpc) is 2.64. The Morgan fingerprint density at radius 1 is 0.821 bits per heavy atom. The van der Waals surface area contributed by atoms with E-state index in [9.17, 15) is 10.2 Å². The van der Waals surface area contributed by atoms with Gasteiger partial charge in [-0.3, -0.25) is 0 Å². The van der Waals surface area contributed by atoms with Crippen LogP contribution in [0.15, 0.2) is 57.6 Å². The molecule has 0 fully saturated rings. The van der Waals surface area contributed by atoms with Gasteiger partial charge in [0.1, 0.15) is 12.2 Å². The maximum absolute atomic E-state index is 10.6. The zero-order chi connectivity index (χ0) is 21.3. The van der Waals surface area contributed by atoms with Gasteiger partial charge in [0.2, 0.25) is 0 Å². The van der Waals surface area contributed by atoms with E-state index in [1.54, 1.807) is 0 Å². The summed E-state index contributed by atoms with van der Waals surface area (Å²) in [4.78, 5) is 0. The molecule has 28 heavy (non-hydrogen) atoms. The van der Waals surface area contributed by atoms with Crippen molar-refractivity contribution in [2.24, 2.45) is 0 Å². The molecule has 0 aliphatic heterocycles. The quantitative estimate of drug-likeness (QED) is 0.494. The lowest BCUT2D eigenvalue weighted by atomic mass is 9.88. The van der Waals surface area contributed by atoms with Gasteiger partial charge < -0.3 is 19.7 Å². The normalized spacial score (nSPS) is 21.2. The second-order valence-electron chi connectivity index (χ2n) is 7.81. The summed E-state index contributed by atoms with van der Waals surface area (Å²) in [7, 11) is 2.96. The highest BCUT2D eigenvalue weighted by molar-refractivity contribution is 5.39. The first-order valence-corrected chi connectivity index (χ1v) is 10.0. The molecule has 0 bridgehead atoms. The van der Waals surface area contributed by atoms with E-state index in [1.165, 1.54) is 30.9 Å². The van der Waals surface area contributed by atoms with E-state index in [2.05, 4.69) is 45.9 Å². The highest BCUT2D eigenvalue weighted by Gasteiger charge is 2.34. The topological polar surface area (TPSA) is 58.9 Å². The summed E-state index contributed by atoms with van der Waals surface area (Å²) in [5.41, 5.74) is 5.57. The van der Waals surface area contributed by atoms with E-state index in [-0.39, 0.29) is 11.5 Å². The van der Waals surface area contributed by atoms with E-state index in [0.717, 1.165) is 36.8 Å². The van der Waals surface area contributed by atoms with Crippen molar-refractivity contribution in [3.05, 3.63) is 57.6 Å². The van der Waals surface area contributed by atoms with Crippen LogP contribution in [0.2, 0.25) is 0 Å². The van der Waals surface area contributed by atoms with E-state index >= 15 is 0 Å². The summed E-state index contributed by atoms with van der Waals surface area (Å²) in [5.74, 6) is 0.572. The van der Waals surface area contributed by atoms with Crippen molar-refractivity contribution in [3.8, 4) is 0 Å². The van der Waals surface area contributed by atoms with Crippen LogP contribution in [-0.4, -0.2) is 36.6 Å². The van der Waals surface area contributed by atoms with E-state index in [0.29, 0.717) is 6.42 Å². The first-order chi connectivity index (χ1) is 13.2. The third-order valence-corrected chi connectivity index (χ3v) is 5.22. The summed E-state index contributed by atoms with van der Waals surface area (Å²) in [6, 6.07) is 0. The van der Waals surface area contributed by atoms with E-state index in [4.69, 9.17) is 9.47 Å². The van der Waals surface area contributed by atoms with Gasteiger partial charge in [-0.25, -0.2) is 0 Å². The number of methoxy groups -OCH3 is 2. The van der Waals surface area contributed by atoms with Crippen molar-refractivity contribution in [3.63, 3.8) is 0 Å². The lowest BCUT2D eigenvalue weighted by Gasteiger charge is -2.30. The van der Waals surface area contributed by atoms with Gasteiger partial charge in [0.25, 0.3) is 0 Å². The van der Waals surface area contributed by atoms with Gasteiger partial charge in [-0.15, -0.1) is 0 Å². The predicted octanol–water partition coefficient (Wildman–Crippen LogP) is 5.35. The zero-order valence-electron chi connectivity index (χ0n) is 18.6. The Bertz CT molecular complexity index is 673. The minimum Gasteiger partial charge on any atom is -0.494 e. The molecule has 2 N–H and O–H groups in total. The van der Waals surface area contributed by atoms with Gasteiger partial charge in [-0.05, 0) is 77.9 Å². The molecule has 2 unspecified atom stereocenters. The molecule has 4 heteroatoms. The van der Waals surface area contributed by atoms with Crippen molar-refractivity contribution < 1.29 is 19.7 Å². The number of hydrogen-bond acceptors (Lipinski definition) is 4. The van der Waals surface area contributed by atoms with Crippen LogP contribution >= 0.6 is 0 Å². The summed E-state index contributed by atoms with van der Waals surface area (Å²) < 4.78 is 10.5. The maximum Gasteiger partial charge on any atom is 0.169 e. The number of allylic oxidation sites excluding steroid dienone is 6. The minimum absolute atomic E-state index is 0.283. The monoisotopic (exact) mass is 390 g/mol. The Morgan fingerprint density at radius 3 is 1.86 bits per heavy atom. The Balaban J connectivity index is 2.67. The molecule has 0 amide bonds. The zero-order valence-corrected chi connectivity index (χ0v) is 18.6. The highest BCUT2D eigenvalue weighted by atomic mass is 16.5. The lowest BCUT2D eigenvalue weighted by molar-refractivity contribution is 0.0794. The largest absolute Gasteiger partial charge is 0.494 e. The molecule has 1 aliphatic carbocycles. The maximum atomic E-state index is 10.6. The molecule has 0 spiro atoms. The van der Waals surface area contributed by atoms with Crippen LogP contribution in [0.3, 0.4) is 0 Å². The molecule has 1 aliphatic rings. The van der Waals surface area contributed by atoms with Gasteiger partial charge in [-0.1, -0.05) is 34.9 Å². The molecule has 0 saturated carbocycles. The molecule has 4 nitrogen and oxygen atoms in total. The fourth-order valence-corrected chi connectivity index (χ4v) is 3.34. The third-order valence-electron chi connectivity index (χ3n) is 5.22. The van der Waals surface area contributed by atoms with Crippen LogP contribution in [0, 0.1) is 0 Å². The van der Waals surface area contributed by atoms with Crippen molar-refractivity contribution in [1.29, 1.82) is 0 Å². The first kappa shape index (κ1) is 24.3. The SMILES string of the molecule is COC1=C(OC)C(O)C(C/C=C(\C)CC/C=C(\C)CCC=C(C)C)=C(C)C1O. The number of rotatable bonds is 10. The smallest absolute Gasteiger partial charge is 0.169 e. The van der Waals surface area contributed by atoms with Gasteiger partial charge in [-0.2, -0.15) is 0 Å². The van der Waals surface area contributed by atoms with Gasteiger partial charge >= 0.3 is 0 Å². The highest BCUT2D eigenvalue weighted by Crippen LogP contribution is 2.33. The molecular formula is C24H38O4. The van der Waals surface area contributed by atoms with Gasteiger partial charge in [0.05, 0.1) is 14.2 Å². The fraction of sp³-hybridized carbons (Fsp3) is 0.583. The van der Waals surface area contributed by atoms with Crippen molar-refractivity contribution in [2.45, 2.75) is 78.9 Å². The number of ether oxygens (including phenoxy) is 2. The Morgan fingerprint density at radius 2 is 1.32 bits per heavy atom. The standard InChI is InChI=1S/C24H38O4/c1-16(2)10-8-11-17(3)12-9-13-18(4)14-15-20-19(5)21(25)23(27-6)24(28-7)22(20)26/h10,12,14,21-22,25-26H,8-9,11,13,15H2,1-7H3/b17-12+,18-14+. The molecule has 0 saturated heterocycles. The fourth-order valence-electron chi connectivity index (χ4n) is 3.34. The second-order valence-corrected chi connectivity index (χ2v) is 7.81. The summed E-state index contributed by atoms with van der Waals surface area (Å²) >= 11 is 0. The van der Waals surface area contributed by atoms with Gasteiger partial charge in [0.15, 0.2) is 11.5 Å². The molecule has 0 aromatic rings. The van der Waals surface area contributed by atoms with Crippen molar-refractivity contribution in [1.82, 2.24) is 0 Å². The predicted molar refractivity (Wildman–Crippen MR) is 116 cm³/mol. The van der Waals surface area contributed by atoms with Crippen LogP contribution in [0.5, 0.6) is 0 Å². The van der Waals surface area contributed by atoms with Crippen LogP contribution in [0.1, 0.15) is 66.7 Å². The third kappa shape index (κ3) is 6.99. The molecular weight excluding hydrogens is 352 g/mol. The lowest BCUT2D eigenvalue weighted by Crippen LogP contribution is -2.31. The molecule has 0 aromatic heterocycles. The average molecular weight is 391 g/mol. The number of hydrogen-bond donors (Lipinski definition) is 2. The molecule has 0 aromatic carbocycles. The molecule has 1 rings (SSSR count). The summed E-state index contributed by atoms with van der Waals surface area (Å²) in [6.45, 7) is 10.4. The summed E-state index contributed by atoms with van der Waals surface area (Å²) in [6.07, 6.45) is 9.77. The number of aliphatic hydroxyl groups is 2. The first-order valence-electron chi connectivity index (χ1n) is 10.0. The number of aliphatic hydroxyl groups excluding tert-OH is 2. The Labute approximate surface area is 170 Å². The molecule has 2 atom stereocenters. The van der Waals surface area contributed by atoms with Crippen LogP contribution in [-0.2, 0) is 9.47 Å². The molecule has 0 heterocycles. The van der Waals surface area contributed by atoms with Crippen molar-refractivity contribution >= 4 is 0 Å². The van der Waals surface area contributed by atoms with Gasteiger partial charge in [0, 0.05) is 0 Å². The second kappa shape index (κ2) is 11.9. The summed E-state index contributed by atoms with van der Waals surface area (Å²) in [5, 5.41) is 21.1.